The van der Waals surface area contributed by atoms with Gasteiger partial charge in [0.25, 0.3) is 0 Å². The maximum atomic E-state index is 5.20. The lowest BCUT2D eigenvalue weighted by Crippen LogP contribution is -2.28. The Hall–Kier alpha value is 0.657. The predicted octanol–water partition coefficient (Wildman–Crippen LogP) is 5.25. The second-order valence-electron chi connectivity index (χ2n) is 7.17. The number of methoxy groups -OCH3 is 1. The molecule has 2 fully saturated rings. The van der Waals surface area contributed by atoms with Crippen LogP contribution in [0.5, 0.6) is 0 Å². The molecule has 0 radical (unpaired) electrons. The van der Waals surface area contributed by atoms with Gasteiger partial charge in [-0.2, -0.15) is 0 Å². The number of ether oxygens (including phenoxy) is 1. The Morgan fingerprint density at radius 2 is 1.65 bits per heavy atom. The molecule has 1 aliphatic carbocycles. The molecular formula is C17H33BrOSi. The highest BCUT2D eigenvalue weighted by Gasteiger charge is 2.30. The second-order valence-corrected chi connectivity index (χ2v) is 11.4. The van der Waals surface area contributed by atoms with Crippen LogP contribution in [0.2, 0.25) is 18.1 Å². The quantitative estimate of drug-likeness (QED) is 0.342. The van der Waals surface area contributed by atoms with Crippen LogP contribution in [0.15, 0.2) is 0 Å². The predicted molar refractivity (Wildman–Crippen MR) is 94.6 cm³/mol. The first-order chi connectivity index (χ1) is 9.83. The molecular weight excluding hydrogens is 328 g/mol. The van der Waals surface area contributed by atoms with Crippen LogP contribution in [0, 0.1) is 17.8 Å². The van der Waals surface area contributed by atoms with Crippen LogP contribution in [0.4, 0.5) is 0 Å². The fraction of sp³-hybridized carbons (Fsp3) is 1.00. The van der Waals surface area contributed by atoms with Crippen molar-refractivity contribution in [1.82, 2.24) is 0 Å². The van der Waals surface area contributed by atoms with Crippen molar-refractivity contribution in [2.24, 2.45) is 17.8 Å². The SMILES string of the molecule is COCCC[SiH]1CCC(C2CCC(CCBr)CC2)CC1. The zero-order valence-corrected chi connectivity index (χ0v) is 16.0. The maximum absolute atomic E-state index is 5.20. The molecule has 0 bridgehead atoms. The van der Waals surface area contributed by atoms with Crippen LogP contribution < -0.4 is 0 Å². The van der Waals surface area contributed by atoms with Crippen molar-refractivity contribution in [3.63, 3.8) is 0 Å². The van der Waals surface area contributed by atoms with Gasteiger partial charge in [-0.1, -0.05) is 59.7 Å². The zero-order chi connectivity index (χ0) is 14.2. The lowest BCUT2D eigenvalue weighted by Gasteiger charge is -2.37. The molecule has 1 saturated carbocycles. The van der Waals surface area contributed by atoms with Gasteiger partial charge in [0.15, 0.2) is 0 Å². The minimum atomic E-state index is -0.360. The first-order valence-electron chi connectivity index (χ1n) is 8.88. The summed E-state index contributed by atoms with van der Waals surface area (Å²) in [6.07, 6.45) is 12.0. The third-order valence-electron chi connectivity index (χ3n) is 5.93. The number of halogens is 1. The largest absolute Gasteiger partial charge is 0.385 e. The molecule has 1 aliphatic heterocycles. The lowest BCUT2D eigenvalue weighted by atomic mass is 9.73. The molecule has 118 valence electrons. The van der Waals surface area contributed by atoms with E-state index in [0.717, 1.165) is 24.4 Å². The van der Waals surface area contributed by atoms with E-state index < -0.39 is 0 Å². The monoisotopic (exact) mass is 360 g/mol. The highest BCUT2D eigenvalue weighted by atomic mass is 79.9. The third kappa shape index (κ3) is 5.45. The number of rotatable bonds is 7. The van der Waals surface area contributed by atoms with Crippen LogP contribution in [0.3, 0.4) is 0 Å². The molecule has 0 unspecified atom stereocenters. The molecule has 1 saturated heterocycles. The van der Waals surface area contributed by atoms with Gasteiger partial charge in [0.2, 0.25) is 0 Å². The summed E-state index contributed by atoms with van der Waals surface area (Å²) in [6, 6.07) is 4.81. The normalized spacial score (nSPS) is 35.1. The van der Waals surface area contributed by atoms with Crippen LogP contribution in [-0.2, 0) is 4.74 Å². The molecule has 0 aromatic rings. The van der Waals surface area contributed by atoms with Gasteiger partial charge >= 0.3 is 0 Å². The summed E-state index contributed by atoms with van der Waals surface area (Å²) < 4.78 is 5.20. The van der Waals surface area contributed by atoms with Crippen LogP contribution in [0.1, 0.15) is 51.4 Å². The summed E-state index contributed by atoms with van der Waals surface area (Å²) in [4.78, 5) is 0. The van der Waals surface area contributed by atoms with Gasteiger partial charge in [-0.05, 0) is 43.4 Å². The molecule has 3 heteroatoms. The average Bonchev–Trinajstić information content (AvgIpc) is 2.49. The number of hydrogen-bond donors (Lipinski definition) is 0. The van der Waals surface area contributed by atoms with Crippen molar-refractivity contribution in [1.29, 1.82) is 0 Å². The Labute approximate surface area is 136 Å². The van der Waals surface area contributed by atoms with E-state index in [1.54, 1.807) is 31.0 Å². The van der Waals surface area contributed by atoms with Crippen molar-refractivity contribution < 1.29 is 4.74 Å². The molecule has 0 spiro atoms. The summed E-state index contributed by atoms with van der Waals surface area (Å²) in [5.74, 6) is 3.23. The van der Waals surface area contributed by atoms with E-state index in [4.69, 9.17) is 4.74 Å². The Balaban J connectivity index is 1.62. The van der Waals surface area contributed by atoms with Gasteiger partial charge in [-0.3, -0.25) is 0 Å². The van der Waals surface area contributed by atoms with E-state index in [1.807, 2.05) is 7.11 Å². The third-order valence-corrected chi connectivity index (χ3v) is 9.91. The smallest absolute Gasteiger partial charge is 0.0459 e. The molecule has 1 nitrogen and oxygen atoms in total. The number of hydrogen-bond acceptors (Lipinski definition) is 1. The van der Waals surface area contributed by atoms with Crippen molar-refractivity contribution in [3.8, 4) is 0 Å². The molecule has 0 aromatic carbocycles. The van der Waals surface area contributed by atoms with Crippen LogP contribution >= 0.6 is 15.9 Å². The Bertz CT molecular complexity index is 245. The van der Waals surface area contributed by atoms with Crippen molar-refractivity contribution in [3.05, 3.63) is 0 Å². The van der Waals surface area contributed by atoms with Gasteiger partial charge in [-0.25, -0.2) is 0 Å². The van der Waals surface area contributed by atoms with Crippen molar-refractivity contribution >= 4 is 24.7 Å². The van der Waals surface area contributed by atoms with E-state index in [2.05, 4.69) is 15.9 Å². The maximum Gasteiger partial charge on any atom is 0.0459 e. The Morgan fingerprint density at radius 3 is 2.25 bits per heavy atom. The molecule has 0 aromatic heterocycles. The van der Waals surface area contributed by atoms with Gasteiger partial charge in [0.05, 0.1) is 0 Å². The highest BCUT2D eigenvalue weighted by Crippen LogP contribution is 2.41. The van der Waals surface area contributed by atoms with Gasteiger partial charge in [0, 0.05) is 27.8 Å². The molecule has 0 amide bonds. The molecule has 1 heterocycles. The fourth-order valence-electron chi connectivity index (χ4n) is 4.57. The molecule has 20 heavy (non-hydrogen) atoms. The van der Waals surface area contributed by atoms with E-state index in [0.29, 0.717) is 0 Å². The topological polar surface area (TPSA) is 9.23 Å². The first-order valence-corrected chi connectivity index (χ1v) is 12.5. The first kappa shape index (κ1) is 17.0. The van der Waals surface area contributed by atoms with Crippen molar-refractivity contribution in [2.75, 3.05) is 19.0 Å². The van der Waals surface area contributed by atoms with E-state index >= 15 is 0 Å². The molecule has 2 rings (SSSR count). The van der Waals surface area contributed by atoms with E-state index in [1.165, 1.54) is 43.9 Å². The fourth-order valence-corrected chi connectivity index (χ4v) is 8.62. The van der Waals surface area contributed by atoms with Gasteiger partial charge in [0.1, 0.15) is 0 Å². The van der Waals surface area contributed by atoms with Gasteiger partial charge in [-0.15, -0.1) is 0 Å². The number of alkyl halides is 1. The standard InChI is InChI=1S/C17H33BrOSi/c1-19-11-2-12-20-13-8-17(9-14-20)16-5-3-15(4-6-16)7-10-18/h15-17,20H,2-14H2,1H3. The van der Waals surface area contributed by atoms with Crippen molar-refractivity contribution in [2.45, 2.75) is 69.5 Å². The van der Waals surface area contributed by atoms with E-state index in [9.17, 15) is 0 Å². The summed E-state index contributed by atoms with van der Waals surface area (Å²) in [6.45, 7) is 0.991. The molecule has 0 N–H and O–H groups in total. The van der Waals surface area contributed by atoms with Gasteiger partial charge < -0.3 is 4.74 Å². The lowest BCUT2D eigenvalue weighted by molar-refractivity contribution is 0.188. The van der Waals surface area contributed by atoms with Crippen LogP contribution in [-0.4, -0.2) is 27.8 Å². The Kier molecular flexibility index (Phi) is 8.19. The molecule has 2 aliphatic rings. The average molecular weight is 361 g/mol. The Morgan fingerprint density at radius 1 is 1.00 bits per heavy atom. The highest BCUT2D eigenvalue weighted by molar-refractivity contribution is 9.09. The summed E-state index contributed by atoms with van der Waals surface area (Å²) in [5.41, 5.74) is 0. The summed E-state index contributed by atoms with van der Waals surface area (Å²) >= 11 is 3.60. The minimum Gasteiger partial charge on any atom is -0.385 e. The van der Waals surface area contributed by atoms with E-state index in [-0.39, 0.29) is 8.80 Å². The molecule has 0 atom stereocenters. The van der Waals surface area contributed by atoms with Crippen LogP contribution in [0.25, 0.3) is 0 Å². The summed E-state index contributed by atoms with van der Waals surface area (Å²) in [7, 11) is 1.48. The summed E-state index contributed by atoms with van der Waals surface area (Å²) in [5, 5.41) is 1.21. The second kappa shape index (κ2) is 9.63. The zero-order valence-electron chi connectivity index (χ0n) is 13.3. The minimum absolute atomic E-state index is 0.360.